The normalized spacial score (nSPS) is 12.8. The first-order valence-electron chi connectivity index (χ1n) is 6.05. The number of para-hydroxylation sites is 1. The first kappa shape index (κ1) is 15.0. The Bertz CT molecular complexity index is 420. The van der Waals surface area contributed by atoms with Crippen molar-refractivity contribution in [3.63, 3.8) is 0 Å². The summed E-state index contributed by atoms with van der Waals surface area (Å²) in [6.07, 6.45) is 0. The van der Waals surface area contributed by atoms with Crippen LogP contribution in [-0.2, 0) is 9.53 Å². The average molecular weight is 264 g/mol. The molecule has 0 saturated carbocycles. The van der Waals surface area contributed by atoms with Gasteiger partial charge in [-0.15, -0.1) is 0 Å². The number of nitrogens with one attached hydrogen (secondary N) is 2. The first-order chi connectivity index (χ1) is 9.13. The number of nitrogens with two attached hydrogens (primary N) is 1. The van der Waals surface area contributed by atoms with Crippen molar-refractivity contribution in [2.24, 2.45) is 10.7 Å². The fourth-order valence-electron chi connectivity index (χ4n) is 1.39. The molecule has 0 aliphatic heterocycles. The number of aliphatic imine (C=N–C) groups is 1. The van der Waals surface area contributed by atoms with E-state index in [2.05, 4.69) is 15.6 Å². The minimum atomic E-state index is -0.548. The number of benzene rings is 1. The summed E-state index contributed by atoms with van der Waals surface area (Å²) in [5.41, 5.74) is 6.56. The number of amides is 1. The molecule has 0 heterocycles. The number of carbonyl (C=O) groups excluding carboxylic acids is 1. The summed E-state index contributed by atoms with van der Waals surface area (Å²) in [5.74, 6) is 0.0236. The molecule has 1 unspecified atom stereocenters. The zero-order chi connectivity index (χ0) is 14.1. The van der Waals surface area contributed by atoms with Gasteiger partial charge >= 0.3 is 0 Å². The fourth-order valence-corrected chi connectivity index (χ4v) is 1.39. The number of hydrogen-bond acceptors (Lipinski definition) is 3. The molecule has 0 spiro atoms. The number of hydrogen-bond donors (Lipinski definition) is 3. The summed E-state index contributed by atoms with van der Waals surface area (Å²) in [6.45, 7) is 2.61. The van der Waals surface area contributed by atoms with Gasteiger partial charge in [0, 0.05) is 19.3 Å². The van der Waals surface area contributed by atoms with Gasteiger partial charge in [-0.05, 0) is 19.1 Å². The van der Waals surface area contributed by atoms with Crippen molar-refractivity contribution in [1.29, 1.82) is 0 Å². The summed E-state index contributed by atoms with van der Waals surface area (Å²) in [4.78, 5) is 15.7. The summed E-state index contributed by atoms with van der Waals surface area (Å²) < 4.78 is 4.84. The lowest BCUT2D eigenvalue weighted by molar-refractivity contribution is -0.122. The molecular formula is C13H20N4O2. The lowest BCUT2D eigenvalue weighted by Gasteiger charge is -2.10. The van der Waals surface area contributed by atoms with Crippen molar-refractivity contribution in [2.45, 2.75) is 13.0 Å². The summed E-state index contributed by atoms with van der Waals surface area (Å²) >= 11 is 0. The average Bonchev–Trinajstić information content (AvgIpc) is 2.39. The second kappa shape index (κ2) is 8.10. The summed E-state index contributed by atoms with van der Waals surface area (Å²) in [7, 11) is 1.58. The van der Waals surface area contributed by atoms with Crippen LogP contribution in [0.2, 0.25) is 0 Å². The van der Waals surface area contributed by atoms with Crippen molar-refractivity contribution in [3.05, 3.63) is 30.3 Å². The van der Waals surface area contributed by atoms with Gasteiger partial charge in [0.15, 0.2) is 5.96 Å². The van der Waals surface area contributed by atoms with Crippen molar-refractivity contribution in [1.82, 2.24) is 5.32 Å². The molecule has 4 N–H and O–H groups in total. The fraction of sp³-hybridized carbons (Fsp3) is 0.385. The smallest absolute Gasteiger partial charge is 0.244 e. The van der Waals surface area contributed by atoms with Crippen LogP contribution in [0, 0.1) is 0 Å². The van der Waals surface area contributed by atoms with Gasteiger partial charge in [0.05, 0.1) is 6.61 Å². The Morgan fingerprint density at radius 2 is 2.11 bits per heavy atom. The van der Waals surface area contributed by atoms with Crippen LogP contribution >= 0.6 is 0 Å². The molecule has 0 aliphatic rings. The maximum atomic E-state index is 11.6. The van der Waals surface area contributed by atoms with Gasteiger partial charge in [-0.25, -0.2) is 4.99 Å². The molecule has 0 aliphatic carbocycles. The minimum absolute atomic E-state index is 0.185. The molecular weight excluding hydrogens is 244 g/mol. The van der Waals surface area contributed by atoms with E-state index in [1.54, 1.807) is 14.0 Å². The highest BCUT2D eigenvalue weighted by Crippen LogP contribution is 2.04. The number of methoxy groups -OCH3 is 1. The monoisotopic (exact) mass is 264 g/mol. The van der Waals surface area contributed by atoms with E-state index in [1.807, 2.05) is 30.3 Å². The maximum Gasteiger partial charge on any atom is 0.244 e. The molecule has 6 nitrogen and oxygen atoms in total. The van der Waals surface area contributed by atoms with E-state index >= 15 is 0 Å². The third-order valence-electron chi connectivity index (χ3n) is 2.36. The van der Waals surface area contributed by atoms with Gasteiger partial charge in [0.1, 0.15) is 6.04 Å². The van der Waals surface area contributed by atoms with Crippen LogP contribution in [0.25, 0.3) is 0 Å². The molecule has 1 rings (SSSR count). The van der Waals surface area contributed by atoms with E-state index in [4.69, 9.17) is 10.5 Å². The number of rotatable bonds is 6. The molecule has 19 heavy (non-hydrogen) atoms. The SMILES string of the molecule is COCCNC(=O)C(C)N=C(N)Nc1ccccc1. The lowest BCUT2D eigenvalue weighted by Crippen LogP contribution is -2.36. The van der Waals surface area contributed by atoms with Crippen molar-refractivity contribution in [2.75, 3.05) is 25.6 Å². The topological polar surface area (TPSA) is 88.7 Å². The zero-order valence-corrected chi connectivity index (χ0v) is 11.2. The highest BCUT2D eigenvalue weighted by atomic mass is 16.5. The Kier molecular flexibility index (Phi) is 6.38. The number of anilines is 1. The summed E-state index contributed by atoms with van der Waals surface area (Å²) in [5, 5.41) is 5.62. The van der Waals surface area contributed by atoms with E-state index in [-0.39, 0.29) is 11.9 Å². The third-order valence-corrected chi connectivity index (χ3v) is 2.36. The van der Waals surface area contributed by atoms with E-state index in [9.17, 15) is 4.79 Å². The molecule has 0 bridgehead atoms. The zero-order valence-electron chi connectivity index (χ0n) is 11.2. The van der Waals surface area contributed by atoms with Crippen LogP contribution in [0.15, 0.2) is 35.3 Å². The highest BCUT2D eigenvalue weighted by molar-refractivity contribution is 5.94. The van der Waals surface area contributed by atoms with Crippen LogP contribution in [0.4, 0.5) is 5.69 Å². The largest absolute Gasteiger partial charge is 0.383 e. The molecule has 0 fully saturated rings. The molecule has 1 atom stereocenters. The predicted octanol–water partition coefficient (Wildman–Crippen LogP) is 0.564. The van der Waals surface area contributed by atoms with E-state index in [0.717, 1.165) is 5.69 Å². The Labute approximate surface area is 113 Å². The predicted molar refractivity (Wildman–Crippen MR) is 76.0 cm³/mol. The second-order valence-electron chi connectivity index (χ2n) is 3.97. The van der Waals surface area contributed by atoms with Gasteiger partial charge in [-0.2, -0.15) is 0 Å². The standard InChI is InChI=1S/C13H20N4O2/c1-10(12(18)15-8-9-19-2)16-13(14)17-11-6-4-3-5-7-11/h3-7,10H,8-9H2,1-2H3,(H,15,18)(H3,14,16,17). The molecule has 0 saturated heterocycles. The van der Waals surface area contributed by atoms with Crippen molar-refractivity contribution in [3.8, 4) is 0 Å². The molecule has 1 aromatic rings. The first-order valence-corrected chi connectivity index (χ1v) is 6.05. The van der Waals surface area contributed by atoms with Crippen LogP contribution in [0.5, 0.6) is 0 Å². The molecule has 6 heteroatoms. The Morgan fingerprint density at radius 3 is 2.74 bits per heavy atom. The van der Waals surface area contributed by atoms with Crippen LogP contribution in [0.3, 0.4) is 0 Å². The third kappa shape index (κ3) is 5.87. The highest BCUT2D eigenvalue weighted by Gasteiger charge is 2.11. The maximum absolute atomic E-state index is 11.6. The summed E-state index contributed by atoms with van der Waals surface area (Å²) in [6, 6.07) is 8.86. The quantitative estimate of drug-likeness (QED) is 0.398. The molecule has 1 aromatic carbocycles. The minimum Gasteiger partial charge on any atom is -0.383 e. The Hall–Kier alpha value is -2.08. The number of ether oxygens (including phenoxy) is 1. The van der Waals surface area contributed by atoms with Crippen LogP contribution in [-0.4, -0.2) is 38.2 Å². The van der Waals surface area contributed by atoms with Crippen LogP contribution in [0.1, 0.15) is 6.92 Å². The Morgan fingerprint density at radius 1 is 1.42 bits per heavy atom. The van der Waals surface area contributed by atoms with Gasteiger partial charge in [-0.1, -0.05) is 18.2 Å². The Balaban J connectivity index is 2.46. The number of nitrogens with zero attached hydrogens (tertiary/aromatic N) is 1. The van der Waals surface area contributed by atoms with Crippen molar-refractivity contribution < 1.29 is 9.53 Å². The lowest BCUT2D eigenvalue weighted by atomic mass is 10.3. The van der Waals surface area contributed by atoms with Crippen molar-refractivity contribution >= 4 is 17.6 Å². The van der Waals surface area contributed by atoms with Gasteiger partial charge in [-0.3, -0.25) is 4.79 Å². The van der Waals surface area contributed by atoms with Gasteiger partial charge in [0.2, 0.25) is 5.91 Å². The molecule has 1 amide bonds. The van der Waals surface area contributed by atoms with Crippen LogP contribution < -0.4 is 16.4 Å². The molecule has 0 aromatic heterocycles. The van der Waals surface area contributed by atoms with E-state index in [1.165, 1.54) is 0 Å². The second-order valence-corrected chi connectivity index (χ2v) is 3.97. The molecule has 104 valence electrons. The molecule has 0 radical (unpaired) electrons. The van der Waals surface area contributed by atoms with E-state index in [0.29, 0.717) is 13.2 Å². The number of carbonyl (C=O) groups is 1. The van der Waals surface area contributed by atoms with Gasteiger partial charge < -0.3 is 21.1 Å². The van der Waals surface area contributed by atoms with Gasteiger partial charge in [0.25, 0.3) is 0 Å². The van der Waals surface area contributed by atoms with E-state index < -0.39 is 6.04 Å². The number of guanidine groups is 1.